The van der Waals surface area contributed by atoms with Crippen molar-refractivity contribution in [3.8, 4) is 11.5 Å². The van der Waals surface area contributed by atoms with Crippen molar-refractivity contribution in [3.63, 3.8) is 0 Å². The lowest BCUT2D eigenvalue weighted by Crippen LogP contribution is -2.15. The van der Waals surface area contributed by atoms with Gasteiger partial charge in [0.1, 0.15) is 11.5 Å². The van der Waals surface area contributed by atoms with Gasteiger partial charge in [-0.25, -0.2) is 4.79 Å². The van der Waals surface area contributed by atoms with Gasteiger partial charge in [0.2, 0.25) is 0 Å². The Kier molecular flexibility index (Phi) is 4.60. The lowest BCUT2D eigenvalue weighted by atomic mass is 10.1. The quantitative estimate of drug-likeness (QED) is 0.524. The highest BCUT2D eigenvalue weighted by Gasteiger charge is 2.15. The second kappa shape index (κ2) is 5.21. The molecule has 3 N–H and O–H groups in total. The van der Waals surface area contributed by atoms with Crippen LogP contribution in [0.4, 0.5) is 0 Å². The van der Waals surface area contributed by atoms with E-state index in [0.29, 0.717) is 0 Å². The van der Waals surface area contributed by atoms with Crippen LogP contribution >= 0.6 is 12.4 Å². The first-order valence-corrected chi connectivity index (χ1v) is 3.75. The van der Waals surface area contributed by atoms with Gasteiger partial charge in [-0.1, -0.05) is 0 Å². The summed E-state index contributed by atoms with van der Waals surface area (Å²) < 4.78 is 4.31. The molecule has 0 aromatic heterocycles. The highest BCUT2D eigenvalue weighted by Crippen LogP contribution is 2.22. The zero-order valence-electron chi connectivity index (χ0n) is 7.85. The molecule has 0 spiro atoms. The maximum Gasteiger partial charge on any atom is 0.356 e. The van der Waals surface area contributed by atoms with Gasteiger partial charge in [0, 0.05) is 11.6 Å². The average molecular weight is 232 g/mol. The molecule has 0 atom stereocenters. The minimum absolute atomic E-state index is 0. The summed E-state index contributed by atoms with van der Waals surface area (Å²) in [6.07, 6.45) is 0. The number of benzene rings is 1. The van der Waals surface area contributed by atoms with Crippen LogP contribution in [-0.4, -0.2) is 29.0 Å². The number of hydrogen-bond donors (Lipinski definition) is 3. The molecule has 0 fully saturated rings. The van der Waals surface area contributed by atoms with Crippen molar-refractivity contribution in [1.82, 2.24) is 0 Å². The third kappa shape index (κ3) is 2.85. The smallest absolute Gasteiger partial charge is 0.356 e. The third-order valence-corrected chi connectivity index (χ3v) is 1.64. The van der Waals surface area contributed by atoms with Crippen LogP contribution in [0.1, 0.15) is 5.56 Å². The number of ether oxygens (including phenoxy) is 1. The molecule has 0 bridgehead atoms. The van der Waals surface area contributed by atoms with Gasteiger partial charge in [-0.3, -0.25) is 5.41 Å². The predicted octanol–water partition coefficient (Wildman–Crippen LogP) is 1.06. The van der Waals surface area contributed by atoms with E-state index in [4.69, 9.17) is 10.5 Å². The van der Waals surface area contributed by atoms with Crippen molar-refractivity contribution in [2.24, 2.45) is 0 Å². The van der Waals surface area contributed by atoms with Gasteiger partial charge in [0.25, 0.3) is 0 Å². The van der Waals surface area contributed by atoms with E-state index in [2.05, 4.69) is 4.74 Å². The Morgan fingerprint density at radius 3 is 2.47 bits per heavy atom. The number of halogens is 1. The van der Waals surface area contributed by atoms with Crippen molar-refractivity contribution in [3.05, 3.63) is 23.8 Å². The Balaban J connectivity index is 0.00000196. The molecule has 82 valence electrons. The highest BCUT2D eigenvalue weighted by atomic mass is 35.5. The van der Waals surface area contributed by atoms with Crippen LogP contribution in [0.3, 0.4) is 0 Å². The van der Waals surface area contributed by atoms with Crippen LogP contribution in [0.5, 0.6) is 11.5 Å². The molecule has 0 aliphatic heterocycles. The fourth-order valence-electron chi connectivity index (χ4n) is 0.943. The van der Waals surface area contributed by atoms with Gasteiger partial charge in [-0.15, -0.1) is 12.4 Å². The first-order chi connectivity index (χ1) is 6.56. The number of carbonyl (C=O) groups is 1. The summed E-state index contributed by atoms with van der Waals surface area (Å²) in [5.41, 5.74) is -0.431. The van der Waals surface area contributed by atoms with Crippen molar-refractivity contribution in [2.75, 3.05) is 7.11 Å². The number of nitrogens with one attached hydrogen (secondary N) is 1. The number of methoxy groups -OCH3 is 1. The minimum Gasteiger partial charge on any atom is -0.508 e. The minimum atomic E-state index is -0.842. The summed E-state index contributed by atoms with van der Waals surface area (Å²) in [7, 11) is 1.15. The molecule has 6 heteroatoms. The number of phenolic OH excluding ortho intramolecular Hbond substituents is 2. The molecule has 0 saturated heterocycles. The van der Waals surface area contributed by atoms with Crippen LogP contribution in [0.2, 0.25) is 0 Å². The largest absolute Gasteiger partial charge is 0.508 e. The molecule has 5 nitrogen and oxygen atoms in total. The van der Waals surface area contributed by atoms with E-state index in [9.17, 15) is 9.90 Å². The average Bonchev–Trinajstić information content (AvgIpc) is 2.15. The number of esters is 1. The summed E-state index contributed by atoms with van der Waals surface area (Å²) in [4.78, 5) is 10.9. The van der Waals surface area contributed by atoms with E-state index in [-0.39, 0.29) is 29.5 Å². The van der Waals surface area contributed by atoms with Crippen LogP contribution in [0.25, 0.3) is 0 Å². The van der Waals surface area contributed by atoms with Crippen molar-refractivity contribution < 1.29 is 19.7 Å². The standard InChI is InChI=1S/C9H9NO4.ClH/c1-14-9(13)8(10)6-3-2-5(11)4-7(6)12;/h2-4,10-12H,1H3;1H. The maximum atomic E-state index is 10.9. The zero-order chi connectivity index (χ0) is 10.7. The van der Waals surface area contributed by atoms with Crippen LogP contribution in [0, 0.1) is 5.41 Å². The number of rotatable bonds is 2. The van der Waals surface area contributed by atoms with Crippen molar-refractivity contribution in [2.45, 2.75) is 0 Å². The first-order valence-electron chi connectivity index (χ1n) is 3.75. The van der Waals surface area contributed by atoms with Gasteiger partial charge >= 0.3 is 5.97 Å². The second-order valence-electron chi connectivity index (χ2n) is 2.57. The van der Waals surface area contributed by atoms with Gasteiger partial charge in [-0.05, 0) is 12.1 Å². The Labute approximate surface area is 92.2 Å². The Morgan fingerprint density at radius 2 is 2.00 bits per heavy atom. The summed E-state index contributed by atoms with van der Waals surface area (Å²) in [6, 6.07) is 3.59. The molecule has 1 aromatic carbocycles. The fourth-order valence-corrected chi connectivity index (χ4v) is 0.943. The summed E-state index contributed by atoms with van der Waals surface area (Å²) in [5, 5.41) is 25.6. The molecule has 15 heavy (non-hydrogen) atoms. The monoisotopic (exact) mass is 231 g/mol. The van der Waals surface area contributed by atoms with E-state index in [1.54, 1.807) is 0 Å². The maximum absolute atomic E-state index is 10.9. The van der Waals surface area contributed by atoms with Gasteiger partial charge < -0.3 is 14.9 Å². The lowest BCUT2D eigenvalue weighted by molar-refractivity contribution is -0.132. The Bertz CT molecular complexity index is 392. The van der Waals surface area contributed by atoms with Crippen LogP contribution in [-0.2, 0) is 9.53 Å². The van der Waals surface area contributed by atoms with Crippen LogP contribution in [0.15, 0.2) is 18.2 Å². The van der Waals surface area contributed by atoms with E-state index in [0.717, 1.165) is 13.2 Å². The zero-order valence-corrected chi connectivity index (χ0v) is 8.67. The number of phenols is 2. The van der Waals surface area contributed by atoms with E-state index < -0.39 is 11.7 Å². The topological polar surface area (TPSA) is 90.6 Å². The number of carbonyl (C=O) groups excluding carboxylic acids is 1. The molecule has 1 rings (SSSR count). The van der Waals surface area contributed by atoms with Crippen LogP contribution < -0.4 is 0 Å². The summed E-state index contributed by atoms with van der Waals surface area (Å²) in [5.74, 6) is -1.31. The molecular weight excluding hydrogens is 222 g/mol. The van der Waals surface area contributed by atoms with Gasteiger partial charge in [0.15, 0.2) is 5.71 Å². The highest BCUT2D eigenvalue weighted by molar-refractivity contribution is 6.42. The van der Waals surface area contributed by atoms with E-state index in [1.807, 2.05) is 0 Å². The van der Waals surface area contributed by atoms with Gasteiger partial charge in [0.05, 0.1) is 7.11 Å². The number of hydrogen-bond acceptors (Lipinski definition) is 5. The first kappa shape index (κ1) is 13.2. The molecule has 0 heterocycles. The third-order valence-electron chi connectivity index (χ3n) is 1.64. The number of aromatic hydroxyl groups is 2. The molecule has 0 amide bonds. The van der Waals surface area contributed by atoms with Crippen molar-refractivity contribution in [1.29, 1.82) is 5.41 Å². The van der Waals surface area contributed by atoms with Gasteiger partial charge in [-0.2, -0.15) is 0 Å². The Hall–Kier alpha value is -1.75. The van der Waals surface area contributed by atoms with Crippen molar-refractivity contribution >= 4 is 24.1 Å². The molecule has 0 aliphatic rings. The molecule has 0 saturated carbocycles. The molecule has 0 unspecified atom stereocenters. The molecule has 0 aliphatic carbocycles. The second-order valence-corrected chi connectivity index (χ2v) is 2.57. The summed E-state index contributed by atoms with van der Waals surface area (Å²) >= 11 is 0. The molecule has 0 radical (unpaired) electrons. The summed E-state index contributed by atoms with van der Waals surface area (Å²) in [6.45, 7) is 0. The van der Waals surface area contributed by atoms with E-state index >= 15 is 0 Å². The molecule has 1 aromatic rings. The van der Waals surface area contributed by atoms with E-state index in [1.165, 1.54) is 12.1 Å². The predicted molar refractivity (Wildman–Crippen MR) is 55.9 cm³/mol. The molecular formula is C9H10ClNO4. The SMILES string of the molecule is COC(=O)C(=N)c1ccc(O)cc1O.Cl. The lowest BCUT2D eigenvalue weighted by Gasteiger charge is -2.04. The fraction of sp³-hybridized carbons (Fsp3) is 0.111. The Morgan fingerprint density at radius 1 is 1.40 bits per heavy atom. The normalized spacial score (nSPS) is 8.87.